The Morgan fingerprint density at radius 1 is 1.32 bits per heavy atom. The van der Waals surface area contributed by atoms with Crippen molar-refractivity contribution < 1.29 is 17.8 Å². The SMILES string of the molecule is C=C1NC1=O.NCCC(c1ccccc1)S(=O)(=O)O. The third-order valence-electron chi connectivity index (χ3n) is 2.44. The Bertz CT molecular complexity index is 542. The van der Waals surface area contributed by atoms with Gasteiger partial charge in [0.25, 0.3) is 16.0 Å². The summed E-state index contributed by atoms with van der Waals surface area (Å²) in [6.07, 6.45) is 0.225. The second-order valence-electron chi connectivity index (χ2n) is 3.92. The lowest BCUT2D eigenvalue weighted by atomic mass is 10.1. The minimum atomic E-state index is -4.06. The van der Waals surface area contributed by atoms with Gasteiger partial charge in [-0.25, -0.2) is 0 Å². The molecule has 6 nitrogen and oxygen atoms in total. The Morgan fingerprint density at radius 3 is 2.11 bits per heavy atom. The van der Waals surface area contributed by atoms with Crippen LogP contribution in [0.4, 0.5) is 0 Å². The van der Waals surface area contributed by atoms with Crippen LogP contribution in [-0.2, 0) is 14.9 Å². The van der Waals surface area contributed by atoms with Crippen molar-refractivity contribution in [2.75, 3.05) is 6.54 Å². The van der Waals surface area contributed by atoms with E-state index in [0.29, 0.717) is 11.3 Å². The van der Waals surface area contributed by atoms with E-state index in [4.69, 9.17) is 10.3 Å². The first-order valence-electron chi connectivity index (χ1n) is 5.58. The van der Waals surface area contributed by atoms with Crippen LogP contribution >= 0.6 is 0 Å². The molecule has 19 heavy (non-hydrogen) atoms. The number of carbonyl (C=O) groups is 1. The number of nitrogens with two attached hydrogens (primary N) is 1. The van der Waals surface area contributed by atoms with Gasteiger partial charge < -0.3 is 11.1 Å². The molecule has 0 radical (unpaired) electrons. The zero-order valence-corrected chi connectivity index (χ0v) is 11.1. The summed E-state index contributed by atoms with van der Waals surface area (Å²) in [6.45, 7) is 3.51. The summed E-state index contributed by atoms with van der Waals surface area (Å²) >= 11 is 0. The van der Waals surface area contributed by atoms with E-state index in [-0.39, 0.29) is 18.9 Å². The molecule has 7 heteroatoms. The van der Waals surface area contributed by atoms with Crippen LogP contribution in [0, 0.1) is 0 Å². The summed E-state index contributed by atoms with van der Waals surface area (Å²) in [5.41, 5.74) is 6.39. The van der Waals surface area contributed by atoms with Crippen molar-refractivity contribution in [1.29, 1.82) is 0 Å². The van der Waals surface area contributed by atoms with Gasteiger partial charge in [0.15, 0.2) is 0 Å². The monoisotopic (exact) mass is 284 g/mol. The Balaban J connectivity index is 0.000000300. The van der Waals surface area contributed by atoms with Gasteiger partial charge in [0, 0.05) is 0 Å². The molecule has 1 heterocycles. The zero-order chi connectivity index (χ0) is 14.5. The highest BCUT2D eigenvalue weighted by Gasteiger charge is 2.23. The zero-order valence-electron chi connectivity index (χ0n) is 10.2. The molecule has 0 saturated carbocycles. The lowest BCUT2D eigenvalue weighted by Crippen LogP contribution is -2.16. The van der Waals surface area contributed by atoms with E-state index in [0.717, 1.165) is 0 Å². The van der Waals surface area contributed by atoms with Crippen molar-refractivity contribution in [3.63, 3.8) is 0 Å². The van der Waals surface area contributed by atoms with Gasteiger partial charge in [-0.05, 0) is 18.5 Å². The predicted octanol–water partition coefficient (Wildman–Crippen LogP) is 0.594. The van der Waals surface area contributed by atoms with E-state index >= 15 is 0 Å². The van der Waals surface area contributed by atoms with Gasteiger partial charge in [-0.15, -0.1) is 0 Å². The summed E-state index contributed by atoms with van der Waals surface area (Å²) in [6, 6.07) is 8.56. The molecular weight excluding hydrogens is 268 g/mol. The third kappa shape index (κ3) is 5.21. The topological polar surface area (TPSA) is 119 Å². The molecule has 0 spiro atoms. The average molecular weight is 284 g/mol. The van der Waals surface area contributed by atoms with Crippen LogP contribution < -0.4 is 11.1 Å². The van der Waals surface area contributed by atoms with Crippen molar-refractivity contribution in [2.24, 2.45) is 5.73 Å². The molecule has 1 unspecified atom stereocenters. The molecule has 2 rings (SSSR count). The van der Waals surface area contributed by atoms with Gasteiger partial charge in [0.2, 0.25) is 0 Å². The maximum Gasteiger partial charge on any atom is 0.272 e. The van der Waals surface area contributed by atoms with Gasteiger partial charge in [-0.2, -0.15) is 8.42 Å². The van der Waals surface area contributed by atoms with Crippen LogP contribution in [0.1, 0.15) is 17.2 Å². The molecule has 1 aliphatic heterocycles. The summed E-state index contributed by atoms with van der Waals surface area (Å²) in [7, 11) is -4.06. The van der Waals surface area contributed by atoms with Gasteiger partial charge in [-0.3, -0.25) is 9.35 Å². The maximum absolute atomic E-state index is 11.0. The fraction of sp³-hybridized carbons (Fsp3) is 0.250. The van der Waals surface area contributed by atoms with Crippen molar-refractivity contribution in [3.05, 3.63) is 48.2 Å². The van der Waals surface area contributed by atoms with Crippen molar-refractivity contribution in [3.8, 4) is 0 Å². The molecule has 1 saturated heterocycles. The van der Waals surface area contributed by atoms with E-state index in [9.17, 15) is 13.2 Å². The summed E-state index contributed by atoms with van der Waals surface area (Å²) in [4.78, 5) is 9.68. The van der Waals surface area contributed by atoms with Crippen LogP contribution in [-0.4, -0.2) is 25.4 Å². The minimum Gasteiger partial charge on any atom is -0.330 e. The van der Waals surface area contributed by atoms with Crippen LogP contribution in [0.3, 0.4) is 0 Å². The molecule has 104 valence electrons. The van der Waals surface area contributed by atoms with E-state index in [1.165, 1.54) is 0 Å². The van der Waals surface area contributed by atoms with Gasteiger partial charge in [-0.1, -0.05) is 36.9 Å². The number of nitrogens with one attached hydrogen (secondary N) is 1. The number of amides is 1. The van der Waals surface area contributed by atoms with E-state index in [1.54, 1.807) is 30.3 Å². The molecule has 0 bridgehead atoms. The summed E-state index contributed by atoms with van der Waals surface area (Å²) < 4.78 is 31.0. The maximum atomic E-state index is 11.0. The highest BCUT2D eigenvalue weighted by molar-refractivity contribution is 7.86. The fourth-order valence-corrected chi connectivity index (χ4v) is 2.35. The summed E-state index contributed by atoms with van der Waals surface area (Å²) in [5.74, 6) is -0.0231. The quantitative estimate of drug-likeness (QED) is 0.425. The highest BCUT2D eigenvalue weighted by atomic mass is 32.2. The van der Waals surface area contributed by atoms with Crippen molar-refractivity contribution >= 4 is 16.0 Å². The second-order valence-corrected chi connectivity index (χ2v) is 5.52. The minimum absolute atomic E-state index is 0.0231. The third-order valence-corrected chi connectivity index (χ3v) is 3.66. The molecule has 4 N–H and O–H groups in total. The molecule has 1 aromatic rings. The predicted molar refractivity (Wildman–Crippen MR) is 71.7 cm³/mol. The number of carbonyl (C=O) groups excluding carboxylic acids is 1. The number of hydrogen-bond acceptors (Lipinski definition) is 4. The fourth-order valence-electron chi connectivity index (χ4n) is 1.41. The standard InChI is InChI=1S/C9H13NO3S.C3H3NO/c10-7-6-9(14(11,12)13)8-4-2-1-3-5-8;1-2-3(5)4-2/h1-5,9H,6-7,10H2,(H,11,12,13);1H2,(H,4,5). The molecule has 1 amide bonds. The highest BCUT2D eigenvalue weighted by Crippen LogP contribution is 2.23. The van der Waals surface area contributed by atoms with E-state index < -0.39 is 15.4 Å². The average Bonchev–Trinajstić information content (AvgIpc) is 3.00. The van der Waals surface area contributed by atoms with Gasteiger partial charge in [0.1, 0.15) is 5.25 Å². The van der Waals surface area contributed by atoms with E-state index in [2.05, 4.69) is 11.9 Å². The first kappa shape index (κ1) is 15.4. The largest absolute Gasteiger partial charge is 0.330 e. The van der Waals surface area contributed by atoms with Gasteiger partial charge in [0.05, 0.1) is 5.70 Å². The summed E-state index contributed by atoms with van der Waals surface area (Å²) in [5, 5.41) is 1.45. The molecule has 1 aliphatic rings. The second kappa shape index (κ2) is 6.46. The normalized spacial score (nSPS) is 15.1. The first-order valence-corrected chi connectivity index (χ1v) is 7.08. The first-order chi connectivity index (χ1) is 8.86. The Kier molecular flexibility index (Phi) is 5.22. The van der Waals surface area contributed by atoms with Gasteiger partial charge >= 0.3 is 0 Å². The molecule has 1 atom stereocenters. The Hall–Kier alpha value is -1.70. The molecule has 1 aromatic carbocycles. The Labute approximate surface area is 112 Å². The molecule has 0 aromatic heterocycles. The molecule has 1 fully saturated rings. The lowest BCUT2D eigenvalue weighted by molar-refractivity contribution is -0.109. The van der Waals surface area contributed by atoms with E-state index in [1.807, 2.05) is 0 Å². The lowest BCUT2D eigenvalue weighted by Gasteiger charge is -2.12. The van der Waals surface area contributed by atoms with Crippen molar-refractivity contribution in [2.45, 2.75) is 11.7 Å². The number of rotatable bonds is 4. The molecular formula is C12H16N2O4S. The van der Waals surface area contributed by atoms with Crippen LogP contribution in [0.5, 0.6) is 0 Å². The smallest absolute Gasteiger partial charge is 0.272 e. The van der Waals surface area contributed by atoms with Crippen molar-refractivity contribution in [1.82, 2.24) is 5.32 Å². The van der Waals surface area contributed by atoms with Crippen LogP contribution in [0.15, 0.2) is 42.6 Å². The number of benzene rings is 1. The van der Waals surface area contributed by atoms with Crippen LogP contribution in [0.2, 0.25) is 0 Å². The van der Waals surface area contributed by atoms with Crippen LogP contribution in [0.25, 0.3) is 0 Å². The Morgan fingerprint density at radius 2 is 1.79 bits per heavy atom. The number of hydrogen-bond donors (Lipinski definition) is 3. The molecule has 0 aliphatic carbocycles.